The number of hydrogen-bond donors (Lipinski definition) is 2. The lowest BCUT2D eigenvalue weighted by Crippen LogP contribution is -2.29. The summed E-state index contributed by atoms with van der Waals surface area (Å²) in [6.45, 7) is 2.36. The Morgan fingerprint density at radius 3 is 2.54 bits per heavy atom. The van der Waals surface area contributed by atoms with Crippen molar-refractivity contribution in [1.82, 2.24) is 0 Å². The Kier molecular flexibility index (Phi) is 13.4. The summed E-state index contributed by atoms with van der Waals surface area (Å²) in [4.78, 5) is 23.3. The molecule has 0 amide bonds. The largest absolute Gasteiger partial charge is 0.508 e. The molecular weight excluding hydrogens is 500 g/mol. The molecule has 0 bridgehead atoms. The smallest absolute Gasteiger partial charge is 0.482 e. The summed E-state index contributed by atoms with van der Waals surface area (Å²) in [6.07, 6.45) is 11.8. The quantitative estimate of drug-likeness (QED) is 0.171. The minimum absolute atomic E-state index is 0.136. The van der Waals surface area contributed by atoms with Crippen LogP contribution in [0.2, 0.25) is 0 Å². The monoisotopic (exact) mass is 548 g/mol. The maximum Gasteiger partial charge on any atom is 0.508 e. The van der Waals surface area contributed by atoms with Gasteiger partial charge in [0.05, 0.1) is 12.7 Å². The number of ether oxygens (including phenoxy) is 4. The maximum absolute atomic E-state index is 12.3. The van der Waals surface area contributed by atoms with E-state index in [0.717, 1.165) is 50.5 Å². The van der Waals surface area contributed by atoms with Crippen molar-refractivity contribution >= 4 is 12.1 Å². The molecule has 8 heteroatoms. The normalized spacial score (nSPS) is 22.5. The van der Waals surface area contributed by atoms with E-state index in [0.29, 0.717) is 30.6 Å². The van der Waals surface area contributed by atoms with Gasteiger partial charge in [0.2, 0.25) is 0 Å². The Morgan fingerprint density at radius 1 is 1.03 bits per heavy atom. The minimum atomic E-state index is -0.992. The fourth-order valence-electron chi connectivity index (χ4n) is 6.43. The number of carbonyl (C=O) groups excluding carboxylic acids is 1. The highest BCUT2D eigenvalue weighted by atomic mass is 16.7. The number of carboxylic acids is 1. The zero-order chi connectivity index (χ0) is 28.0. The van der Waals surface area contributed by atoms with Crippen LogP contribution in [0.25, 0.3) is 0 Å². The number of fused-ring (bicyclic) bond motifs is 2. The van der Waals surface area contributed by atoms with Gasteiger partial charge >= 0.3 is 12.1 Å². The fraction of sp³-hybridized carbons (Fsp3) is 0.742. The van der Waals surface area contributed by atoms with Crippen LogP contribution in [0.1, 0.15) is 88.7 Å². The van der Waals surface area contributed by atoms with E-state index in [4.69, 9.17) is 24.1 Å². The van der Waals surface area contributed by atoms with Crippen molar-refractivity contribution in [3.8, 4) is 5.75 Å². The van der Waals surface area contributed by atoms with Crippen LogP contribution in [0.5, 0.6) is 5.75 Å². The first-order valence-corrected chi connectivity index (χ1v) is 14.9. The van der Waals surface area contributed by atoms with E-state index in [2.05, 4.69) is 13.0 Å². The van der Waals surface area contributed by atoms with Gasteiger partial charge in [0.15, 0.2) is 6.61 Å². The molecule has 3 rings (SSSR count). The lowest BCUT2D eigenvalue weighted by Gasteiger charge is -2.32. The van der Waals surface area contributed by atoms with Crippen LogP contribution in [0.4, 0.5) is 4.79 Å². The van der Waals surface area contributed by atoms with E-state index in [1.807, 2.05) is 12.1 Å². The first kappa shape index (κ1) is 31.2. The molecule has 2 aliphatic carbocycles. The number of rotatable bonds is 18. The van der Waals surface area contributed by atoms with Crippen molar-refractivity contribution in [1.29, 1.82) is 0 Å². The Labute approximate surface area is 233 Å². The zero-order valence-electron chi connectivity index (χ0n) is 23.8. The van der Waals surface area contributed by atoms with Gasteiger partial charge in [-0.05, 0) is 79.9 Å². The lowest BCUT2D eigenvalue weighted by molar-refractivity contribution is -0.139. The van der Waals surface area contributed by atoms with Gasteiger partial charge in [-0.1, -0.05) is 57.6 Å². The maximum atomic E-state index is 12.3. The van der Waals surface area contributed by atoms with Crippen molar-refractivity contribution in [2.45, 2.75) is 103 Å². The molecule has 2 aliphatic rings. The lowest BCUT2D eigenvalue weighted by atomic mass is 9.73. The predicted octanol–water partition coefficient (Wildman–Crippen LogP) is 5.95. The van der Waals surface area contributed by atoms with Crippen molar-refractivity contribution in [2.24, 2.45) is 17.8 Å². The number of aliphatic hydroxyl groups is 1. The molecule has 0 spiro atoms. The average Bonchev–Trinajstić information content (AvgIpc) is 3.22. The first-order chi connectivity index (χ1) is 18.9. The third-order valence-corrected chi connectivity index (χ3v) is 8.42. The molecule has 0 aromatic heterocycles. The Bertz CT molecular complexity index is 887. The van der Waals surface area contributed by atoms with Crippen LogP contribution in [0.15, 0.2) is 18.2 Å². The molecule has 0 aliphatic heterocycles. The van der Waals surface area contributed by atoms with Crippen molar-refractivity contribution in [3.63, 3.8) is 0 Å². The topological polar surface area (TPSA) is 112 Å². The average molecular weight is 549 g/mol. The fourth-order valence-corrected chi connectivity index (χ4v) is 6.43. The van der Waals surface area contributed by atoms with E-state index in [1.165, 1.54) is 37.7 Å². The molecule has 5 atom stereocenters. The molecule has 1 saturated carbocycles. The number of benzene rings is 1. The summed E-state index contributed by atoms with van der Waals surface area (Å²) in [5, 5.41) is 20.1. The molecule has 0 heterocycles. The minimum Gasteiger partial charge on any atom is -0.482 e. The van der Waals surface area contributed by atoms with Gasteiger partial charge in [-0.25, -0.2) is 9.59 Å². The van der Waals surface area contributed by atoms with Gasteiger partial charge in [-0.15, -0.1) is 0 Å². The number of aliphatic carboxylic acids is 1. The zero-order valence-corrected chi connectivity index (χ0v) is 23.8. The Balaban J connectivity index is 1.57. The third-order valence-electron chi connectivity index (χ3n) is 8.42. The van der Waals surface area contributed by atoms with Gasteiger partial charge in [0.25, 0.3) is 0 Å². The highest BCUT2D eigenvalue weighted by molar-refractivity contribution is 5.68. The highest BCUT2D eigenvalue weighted by Gasteiger charge is 2.45. The Hall–Kier alpha value is -2.32. The number of aliphatic hydroxyl groups excluding tert-OH is 1. The molecule has 1 aromatic rings. The number of carboxylic acid groups (broad SMARTS) is 1. The molecule has 1 aromatic carbocycles. The third kappa shape index (κ3) is 9.98. The van der Waals surface area contributed by atoms with Crippen LogP contribution in [-0.2, 0) is 31.8 Å². The van der Waals surface area contributed by atoms with Gasteiger partial charge in [-0.2, -0.15) is 0 Å². The van der Waals surface area contributed by atoms with Crippen LogP contribution < -0.4 is 4.74 Å². The first-order valence-electron chi connectivity index (χ1n) is 14.9. The van der Waals surface area contributed by atoms with Crippen LogP contribution in [0.3, 0.4) is 0 Å². The molecule has 0 saturated heterocycles. The van der Waals surface area contributed by atoms with Crippen LogP contribution in [0, 0.1) is 17.8 Å². The summed E-state index contributed by atoms with van der Waals surface area (Å²) in [7, 11) is 1.56. The van der Waals surface area contributed by atoms with E-state index in [-0.39, 0.29) is 25.2 Å². The number of unbranched alkanes of at least 4 members (excludes halogenated alkanes) is 6. The van der Waals surface area contributed by atoms with E-state index in [9.17, 15) is 14.7 Å². The van der Waals surface area contributed by atoms with Gasteiger partial charge in [-0.3, -0.25) is 0 Å². The SMILES string of the molecule is CCCCCCCCC[C@@H](CC[C@@H]1[C@H]2Cc3cccc(OCC(=O)O)c3C[C@H]2C[C@H]1O)OC(=O)OCCOC. The van der Waals surface area contributed by atoms with E-state index in [1.54, 1.807) is 7.11 Å². The van der Waals surface area contributed by atoms with Crippen LogP contribution >= 0.6 is 0 Å². The van der Waals surface area contributed by atoms with Gasteiger partial charge < -0.3 is 29.2 Å². The summed E-state index contributed by atoms with van der Waals surface area (Å²) in [6, 6.07) is 5.84. The molecular formula is C31H48O8. The van der Waals surface area contributed by atoms with Crippen molar-refractivity contribution < 1.29 is 38.7 Å². The van der Waals surface area contributed by atoms with E-state index < -0.39 is 18.2 Å². The number of methoxy groups -OCH3 is 1. The summed E-state index contributed by atoms with van der Waals surface area (Å²) >= 11 is 0. The Morgan fingerprint density at radius 2 is 1.79 bits per heavy atom. The number of hydrogen-bond acceptors (Lipinski definition) is 7. The summed E-state index contributed by atoms with van der Waals surface area (Å²) in [5.41, 5.74) is 2.25. The molecule has 0 radical (unpaired) electrons. The second kappa shape index (κ2) is 16.7. The highest BCUT2D eigenvalue weighted by Crippen LogP contribution is 2.48. The molecule has 2 N–H and O–H groups in total. The van der Waals surface area contributed by atoms with Crippen molar-refractivity contribution in [3.05, 3.63) is 29.3 Å². The molecule has 220 valence electrons. The van der Waals surface area contributed by atoms with Gasteiger partial charge in [0, 0.05) is 7.11 Å². The van der Waals surface area contributed by atoms with Crippen molar-refractivity contribution in [2.75, 3.05) is 26.9 Å². The predicted molar refractivity (Wildman–Crippen MR) is 148 cm³/mol. The second-order valence-corrected chi connectivity index (χ2v) is 11.2. The summed E-state index contributed by atoms with van der Waals surface area (Å²) in [5.74, 6) is 0.454. The van der Waals surface area contributed by atoms with Crippen LogP contribution in [-0.4, -0.2) is 61.5 Å². The summed E-state index contributed by atoms with van der Waals surface area (Å²) < 4.78 is 21.4. The van der Waals surface area contributed by atoms with Gasteiger partial charge in [0.1, 0.15) is 18.5 Å². The number of carbonyl (C=O) groups is 2. The van der Waals surface area contributed by atoms with E-state index >= 15 is 0 Å². The molecule has 0 unspecified atom stereocenters. The molecule has 8 nitrogen and oxygen atoms in total. The standard InChI is InChI=1S/C31H48O8/c1-3-4-5-6-7-8-9-12-24(39-31(35)37-17-16-36-2)14-15-25-26-18-22-11-10-13-29(38-21-30(33)34)27(22)19-23(26)20-28(25)32/h10-11,13,23-26,28,32H,3-9,12,14-21H2,1-2H3,(H,33,34)/t23-,24-,25+,26-,28+/m0/s1. The molecule has 39 heavy (non-hydrogen) atoms. The molecule has 1 fully saturated rings. The second-order valence-electron chi connectivity index (χ2n) is 11.2.